The van der Waals surface area contributed by atoms with E-state index in [0.717, 1.165) is 37.3 Å². The zero-order valence-corrected chi connectivity index (χ0v) is 12.1. The zero-order valence-electron chi connectivity index (χ0n) is 10.4. The van der Waals surface area contributed by atoms with Crippen LogP contribution >= 0.6 is 11.3 Å². The van der Waals surface area contributed by atoms with Crippen LogP contribution in [0.25, 0.3) is 0 Å². The van der Waals surface area contributed by atoms with Gasteiger partial charge in [-0.25, -0.2) is 13.1 Å². The molecule has 7 nitrogen and oxygen atoms in total. The SMILES string of the molecule is Nc1nnc(S(=O)(=O)NC2CCN3CCCCC23)s1. The van der Waals surface area contributed by atoms with Gasteiger partial charge in [0.05, 0.1) is 0 Å². The van der Waals surface area contributed by atoms with Crippen LogP contribution in [0.15, 0.2) is 4.34 Å². The number of rotatable bonds is 3. The van der Waals surface area contributed by atoms with Crippen LogP contribution in [0.2, 0.25) is 0 Å². The third-order valence-electron chi connectivity index (χ3n) is 3.81. The Morgan fingerprint density at radius 3 is 2.84 bits per heavy atom. The average molecular weight is 303 g/mol. The van der Waals surface area contributed by atoms with Gasteiger partial charge in [-0.1, -0.05) is 17.8 Å². The van der Waals surface area contributed by atoms with E-state index in [1.54, 1.807) is 0 Å². The molecule has 0 spiro atoms. The summed E-state index contributed by atoms with van der Waals surface area (Å²) in [4.78, 5) is 2.38. The van der Waals surface area contributed by atoms with Crippen molar-refractivity contribution in [2.45, 2.75) is 42.1 Å². The molecule has 1 aromatic heterocycles. The van der Waals surface area contributed by atoms with Gasteiger partial charge >= 0.3 is 0 Å². The lowest BCUT2D eigenvalue weighted by Gasteiger charge is -2.32. The highest BCUT2D eigenvalue weighted by atomic mass is 32.2. The van der Waals surface area contributed by atoms with Crippen LogP contribution in [0.4, 0.5) is 5.13 Å². The minimum Gasteiger partial charge on any atom is -0.374 e. The third kappa shape index (κ3) is 2.60. The molecule has 106 valence electrons. The minimum absolute atomic E-state index is 0.0181. The predicted molar refractivity (Wildman–Crippen MR) is 72.3 cm³/mol. The molecule has 19 heavy (non-hydrogen) atoms. The van der Waals surface area contributed by atoms with E-state index >= 15 is 0 Å². The molecule has 0 aromatic carbocycles. The Balaban J connectivity index is 1.74. The summed E-state index contributed by atoms with van der Waals surface area (Å²) in [6, 6.07) is 0.309. The van der Waals surface area contributed by atoms with E-state index in [9.17, 15) is 8.42 Å². The lowest BCUT2D eigenvalue weighted by molar-refractivity contribution is 0.186. The van der Waals surface area contributed by atoms with Gasteiger partial charge in [0, 0.05) is 18.6 Å². The molecule has 2 aliphatic rings. The van der Waals surface area contributed by atoms with E-state index in [4.69, 9.17) is 5.73 Å². The second-order valence-corrected chi connectivity index (χ2v) is 7.92. The highest BCUT2D eigenvalue weighted by molar-refractivity contribution is 7.91. The van der Waals surface area contributed by atoms with E-state index in [2.05, 4.69) is 19.8 Å². The fourth-order valence-electron chi connectivity index (χ4n) is 2.96. The van der Waals surface area contributed by atoms with Crippen LogP contribution in [-0.2, 0) is 10.0 Å². The summed E-state index contributed by atoms with van der Waals surface area (Å²) >= 11 is 0.899. The molecule has 0 bridgehead atoms. The zero-order chi connectivity index (χ0) is 13.5. The first kappa shape index (κ1) is 13.2. The quantitative estimate of drug-likeness (QED) is 0.816. The first-order valence-electron chi connectivity index (χ1n) is 6.41. The molecule has 0 saturated carbocycles. The van der Waals surface area contributed by atoms with Crippen LogP contribution in [0.1, 0.15) is 25.7 Å². The molecule has 0 amide bonds. The molecule has 2 saturated heterocycles. The first-order valence-corrected chi connectivity index (χ1v) is 8.71. The number of aromatic nitrogens is 2. The van der Waals surface area contributed by atoms with E-state index in [1.807, 2.05) is 0 Å². The molecule has 1 aromatic rings. The summed E-state index contributed by atoms with van der Waals surface area (Å²) in [5, 5.41) is 7.34. The number of sulfonamides is 1. The molecule has 0 radical (unpaired) electrons. The predicted octanol–water partition coefficient (Wildman–Crippen LogP) is 0.0254. The lowest BCUT2D eigenvalue weighted by Crippen LogP contribution is -2.46. The molecule has 2 fully saturated rings. The molecular formula is C10H17N5O2S2. The Morgan fingerprint density at radius 1 is 1.26 bits per heavy atom. The molecule has 2 aliphatic heterocycles. The lowest BCUT2D eigenvalue weighted by atomic mass is 10.00. The maximum Gasteiger partial charge on any atom is 0.270 e. The maximum absolute atomic E-state index is 12.2. The van der Waals surface area contributed by atoms with Crippen LogP contribution < -0.4 is 10.5 Å². The molecule has 2 unspecified atom stereocenters. The third-order valence-corrected chi connectivity index (χ3v) is 6.42. The number of nitrogens with one attached hydrogen (secondary N) is 1. The van der Waals surface area contributed by atoms with Crippen molar-refractivity contribution in [3.8, 4) is 0 Å². The molecule has 9 heteroatoms. The highest BCUT2D eigenvalue weighted by Gasteiger charge is 2.38. The average Bonchev–Trinajstić information content (AvgIpc) is 2.97. The molecule has 3 N–H and O–H groups in total. The van der Waals surface area contributed by atoms with Crippen molar-refractivity contribution in [2.24, 2.45) is 0 Å². The van der Waals surface area contributed by atoms with Crippen LogP contribution in [0.3, 0.4) is 0 Å². The van der Waals surface area contributed by atoms with Gasteiger partial charge in [-0.2, -0.15) is 0 Å². The highest BCUT2D eigenvalue weighted by Crippen LogP contribution is 2.28. The fraction of sp³-hybridized carbons (Fsp3) is 0.800. The first-order chi connectivity index (χ1) is 9.06. The largest absolute Gasteiger partial charge is 0.374 e. The van der Waals surface area contributed by atoms with Crippen molar-refractivity contribution >= 4 is 26.5 Å². The summed E-state index contributed by atoms with van der Waals surface area (Å²) in [5.74, 6) is 0. The number of nitrogen functional groups attached to an aromatic ring is 1. The number of hydrogen-bond acceptors (Lipinski definition) is 7. The number of fused-ring (bicyclic) bond motifs is 1. The normalized spacial score (nSPS) is 28.4. The monoisotopic (exact) mass is 303 g/mol. The molecule has 0 aliphatic carbocycles. The van der Waals surface area contributed by atoms with Crippen LogP contribution in [-0.4, -0.2) is 48.7 Å². The number of piperidine rings is 1. The van der Waals surface area contributed by atoms with Crippen molar-refractivity contribution in [1.82, 2.24) is 19.8 Å². The van der Waals surface area contributed by atoms with Gasteiger partial charge in [-0.05, 0) is 25.8 Å². The molecule has 3 heterocycles. The Morgan fingerprint density at radius 2 is 2.11 bits per heavy atom. The minimum atomic E-state index is -3.59. The fourth-order valence-corrected chi connectivity index (χ4v) is 5.07. The van der Waals surface area contributed by atoms with Crippen molar-refractivity contribution < 1.29 is 8.42 Å². The van der Waals surface area contributed by atoms with Gasteiger partial charge in [-0.15, -0.1) is 10.2 Å². The van der Waals surface area contributed by atoms with Crippen LogP contribution in [0, 0.1) is 0 Å². The van der Waals surface area contributed by atoms with E-state index < -0.39 is 10.0 Å². The Labute approximate surface area is 116 Å². The van der Waals surface area contributed by atoms with Gasteiger partial charge in [0.1, 0.15) is 0 Å². The van der Waals surface area contributed by atoms with Gasteiger partial charge in [0.2, 0.25) is 9.47 Å². The van der Waals surface area contributed by atoms with Gasteiger partial charge < -0.3 is 5.73 Å². The summed E-state index contributed by atoms with van der Waals surface area (Å²) in [6.45, 7) is 2.05. The standard InChI is InChI=1S/C10H17N5O2S2/c11-9-12-13-10(18-9)19(16,17)14-7-4-6-15-5-2-1-3-8(7)15/h7-8,14H,1-6H2,(H2,11,12). The Hall–Kier alpha value is -0.770. The Bertz CT molecular complexity index is 558. The summed E-state index contributed by atoms with van der Waals surface area (Å²) < 4.78 is 27.1. The number of anilines is 1. The van der Waals surface area contributed by atoms with Gasteiger partial charge in [-0.3, -0.25) is 4.90 Å². The Kier molecular flexibility index (Phi) is 3.46. The molecule has 3 rings (SSSR count). The smallest absolute Gasteiger partial charge is 0.270 e. The van der Waals surface area contributed by atoms with Gasteiger partial charge in [0.15, 0.2) is 0 Å². The topological polar surface area (TPSA) is 101 Å². The van der Waals surface area contributed by atoms with E-state index in [-0.39, 0.29) is 15.5 Å². The number of nitrogens with two attached hydrogens (primary N) is 1. The summed E-state index contributed by atoms with van der Waals surface area (Å²) in [7, 11) is -3.59. The molecule has 2 atom stereocenters. The van der Waals surface area contributed by atoms with E-state index in [0.29, 0.717) is 6.04 Å². The maximum atomic E-state index is 12.2. The van der Waals surface area contributed by atoms with Crippen molar-refractivity contribution in [3.05, 3.63) is 0 Å². The second kappa shape index (κ2) is 4.97. The molecular weight excluding hydrogens is 286 g/mol. The number of hydrogen-bond donors (Lipinski definition) is 2. The van der Waals surface area contributed by atoms with Crippen molar-refractivity contribution in [3.63, 3.8) is 0 Å². The summed E-state index contributed by atoms with van der Waals surface area (Å²) in [6.07, 6.45) is 4.30. The van der Waals surface area contributed by atoms with E-state index in [1.165, 1.54) is 12.8 Å². The van der Waals surface area contributed by atoms with Crippen LogP contribution in [0.5, 0.6) is 0 Å². The summed E-state index contributed by atoms with van der Waals surface area (Å²) in [5.41, 5.74) is 5.43. The number of nitrogens with zero attached hydrogens (tertiary/aromatic N) is 3. The van der Waals surface area contributed by atoms with Crippen molar-refractivity contribution in [1.29, 1.82) is 0 Å². The van der Waals surface area contributed by atoms with Gasteiger partial charge in [0.25, 0.3) is 10.0 Å². The second-order valence-electron chi connectivity index (χ2n) is 5.02. The van der Waals surface area contributed by atoms with Crippen molar-refractivity contribution in [2.75, 3.05) is 18.8 Å².